The van der Waals surface area contributed by atoms with E-state index in [2.05, 4.69) is 4.74 Å². The third-order valence-electron chi connectivity index (χ3n) is 5.19. The van der Waals surface area contributed by atoms with E-state index in [1.54, 1.807) is 42.5 Å². The van der Waals surface area contributed by atoms with E-state index in [0.29, 0.717) is 5.56 Å². The maximum atomic E-state index is 12.3. The van der Waals surface area contributed by atoms with Gasteiger partial charge in [0.1, 0.15) is 0 Å². The number of rotatable bonds is 6. The maximum absolute atomic E-state index is 12.3. The number of hydrogen-bond donors (Lipinski definition) is 1. The van der Waals surface area contributed by atoms with Gasteiger partial charge >= 0.3 is 5.97 Å². The molecule has 1 N–H and O–H groups in total. The molecular formula is C26H30N2O7S2. The van der Waals surface area contributed by atoms with E-state index in [9.17, 15) is 21.6 Å². The molecule has 9 nitrogen and oxygen atoms in total. The van der Waals surface area contributed by atoms with Crippen molar-refractivity contribution in [3.63, 3.8) is 0 Å². The predicted molar refractivity (Wildman–Crippen MR) is 140 cm³/mol. The van der Waals surface area contributed by atoms with Crippen molar-refractivity contribution < 1.29 is 31.5 Å². The summed E-state index contributed by atoms with van der Waals surface area (Å²) in [5.41, 5.74) is 2.74. The third-order valence-corrected chi connectivity index (χ3v) is 8.49. The highest BCUT2D eigenvalue weighted by Crippen LogP contribution is 2.17. The molecule has 0 amide bonds. The Kier molecular flexibility index (Phi) is 9.62. The second-order valence-electron chi connectivity index (χ2n) is 7.87. The first-order valence-electron chi connectivity index (χ1n) is 10.7. The molecule has 0 aliphatic rings. The lowest BCUT2D eigenvalue weighted by atomic mass is 10.2. The summed E-state index contributed by atoms with van der Waals surface area (Å²) in [6.45, 7) is 3.60. The number of esters is 1. The van der Waals surface area contributed by atoms with Gasteiger partial charge in [-0.3, -0.25) is 0 Å². The lowest BCUT2D eigenvalue weighted by Crippen LogP contribution is -2.11. The zero-order valence-electron chi connectivity index (χ0n) is 19.9. The van der Waals surface area contributed by atoms with Crippen LogP contribution in [0.4, 0.5) is 0 Å². The molecule has 0 spiro atoms. The molecule has 0 saturated heterocycles. The number of hydrogen-bond acceptors (Lipinski definition) is 7. The molecule has 37 heavy (non-hydrogen) atoms. The number of ether oxygens (including phenoxy) is 1. The van der Waals surface area contributed by atoms with Gasteiger partial charge < -0.3 is 9.84 Å². The molecule has 0 bridgehead atoms. The van der Waals surface area contributed by atoms with Gasteiger partial charge in [0, 0.05) is 24.8 Å². The van der Waals surface area contributed by atoms with Crippen molar-refractivity contribution >= 4 is 26.0 Å². The van der Waals surface area contributed by atoms with E-state index in [1.807, 2.05) is 13.8 Å². The highest BCUT2D eigenvalue weighted by Gasteiger charge is 2.18. The van der Waals surface area contributed by atoms with Gasteiger partial charge in [-0.1, -0.05) is 42.8 Å². The smallest absolute Gasteiger partial charge is 0.339 e. The van der Waals surface area contributed by atoms with Gasteiger partial charge in [-0.15, -0.1) is 0 Å². The molecule has 4 aromatic rings. The zero-order valence-corrected chi connectivity index (χ0v) is 21.5. The molecule has 0 aliphatic heterocycles. The van der Waals surface area contributed by atoms with Crippen molar-refractivity contribution in [2.75, 3.05) is 7.11 Å². The third kappa shape index (κ3) is 6.76. The Morgan fingerprint density at radius 2 is 1.19 bits per heavy atom. The second-order valence-corrected chi connectivity index (χ2v) is 11.6. The molecule has 4 rings (SSSR count). The maximum Gasteiger partial charge on any atom is 0.339 e. The first kappa shape index (κ1) is 29.6. The molecule has 0 aliphatic carbocycles. The number of aryl methyl sites for hydroxylation is 2. The van der Waals surface area contributed by atoms with Crippen LogP contribution in [0.2, 0.25) is 0 Å². The van der Waals surface area contributed by atoms with Gasteiger partial charge in [0.2, 0.25) is 0 Å². The summed E-state index contributed by atoms with van der Waals surface area (Å²) in [4.78, 5) is 11.7. The van der Waals surface area contributed by atoms with Crippen LogP contribution in [0.15, 0.2) is 95.2 Å². The zero-order chi connectivity index (χ0) is 26.5. The van der Waals surface area contributed by atoms with Crippen LogP contribution in [0.25, 0.3) is 0 Å². The van der Waals surface area contributed by atoms with Crippen molar-refractivity contribution in [3.05, 3.63) is 108 Å². The Labute approximate surface area is 217 Å². The van der Waals surface area contributed by atoms with Crippen molar-refractivity contribution in [2.45, 2.75) is 37.7 Å². The Morgan fingerprint density at radius 3 is 1.59 bits per heavy atom. The Hall–Kier alpha value is -3.67. The molecule has 2 heterocycles. The number of carbonyl (C=O) groups is 1. The lowest BCUT2D eigenvalue weighted by Gasteiger charge is -2.05. The summed E-state index contributed by atoms with van der Waals surface area (Å²) in [5, 5.41) is 8.92. The van der Waals surface area contributed by atoms with Crippen molar-refractivity contribution in [3.8, 4) is 0 Å². The van der Waals surface area contributed by atoms with E-state index >= 15 is 0 Å². The van der Waals surface area contributed by atoms with E-state index in [-0.39, 0.29) is 29.4 Å². The summed E-state index contributed by atoms with van der Waals surface area (Å²) >= 11 is 0. The average molecular weight is 547 g/mol. The van der Waals surface area contributed by atoms with Gasteiger partial charge in [0.05, 0.1) is 29.1 Å². The van der Waals surface area contributed by atoms with Gasteiger partial charge in [-0.2, -0.15) is 0 Å². The minimum absolute atomic E-state index is 0. The molecule has 0 radical (unpaired) electrons. The SMILES string of the molecule is C.COC(=O)c1ccn(S(=O)(=O)c2ccc(C)cc2)c1.Cc1ccc(S(=O)(=O)n2ccc(CO)c2)cc1. The van der Waals surface area contributed by atoms with Crippen molar-refractivity contribution in [2.24, 2.45) is 0 Å². The van der Waals surface area contributed by atoms with Crippen LogP contribution in [0.1, 0.15) is 34.5 Å². The quantitative estimate of drug-likeness (QED) is 0.363. The number of aromatic nitrogens is 2. The number of aliphatic hydroxyl groups is 1. The fraction of sp³-hybridized carbons (Fsp3) is 0.192. The number of methoxy groups -OCH3 is 1. The fourth-order valence-electron chi connectivity index (χ4n) is 3.09. The van der Waals surface area contributed by atoms with E-state index in [4.69, 9.17) is 5.11 Å². The minimum Gasteiger partial charge on any atom is -0.465 e. The molecule has 0 saturated carbocycles. The molecule has 2 aromatic heterocycles. The number of nitrogens with zero attached hydrogens (tertiary/aromatic N) is 2. The summed E-state index contributed by atoms with van der Waals surface area (Å²) in [6.07, 6.45) is 5.40. The van der Waals surface area contributed by atoms with Crippen LogP contribution >= 0.6 is 0 Å². The standard InChI is InChI=1S/C13H13NO4S.C12H13NO3S.CH4/c1-10-3-5-12(6-4-10)19(16,17)14-8-7-11(9-14)13(15)18-2;1-10-2-4-12(5-3-10)17(15,16)13-7-6-11(8-13)9-14;/h3-9H,1-2H3;2-8,14H,9H2,1H3;1H4. The summed E-state index contributed by atoms with van der Waals surface area (Å²) in [7, 11) is -5.96. The number of aliphatic hydroxyl groups excluding tert-OH is 1. The van der Waals surface area contributed by atoms with Crippen LogP contribution in [-0.2, 0) is 31.4 Å². The minimum atomic E-state index is -3.67. The van der Waals surface area contributed by atoms with Crippen molar-refractivity contribution in [1.82, 2.24) is 7.94 Å². The van der Waals surface area contributed by atoms with Crippen LogP contribution in [0, 0.1) is 13.8 Å². The summed E-state index contributed by atoms with van der Waals surface area (Å²) in [6, 6.07) is 16.1. The Balaban J connectivity index is 0.000000255. The van der Waals surface area contributed by atoms with Crippen LogP contribution in [-0.4, -0.2) is 43.0 Å². The van der Waals surface area contributed by atoms with Gasteiger partial charge in [-0.05, 0) is 55.8 Å². The summed E-state index contributed by atoms with van der Waals surface area (Å²) < 4.78 is 55.5. The van der Waals surface area contributed by atoms with Gasteiger partial charge in [0.25, 0.3) is 20.0 Å². The van der Waals surface area contributed by atoms with Gasteiger partial charge in [-0.25, -0.2) is 29.6 Å². The fourth-order valence-corrected chi connectivity index (χ4v) is 5.51. The second kappa shape index (κ2) is 12.0. The topological polar surface area (TPSA) is 125 Å². The molecule has 0 fully saturated rings. The first-order chi connectivity index (χ1) is 17.0. The molecule has 2 aromatic carbocycles. The molecule has 0 atom stereocenters. The normalized spacial score (nSPS) is 11.1. The monoisotopic (exact) mass is 546 g/mol. The highest BCUT2D eigenvalue weighted by molar-refractivity contribution is 7.90. The molecular weight excluding hydrogens is 516 g/mol. The average Bonchev–Trinajstić information content (AvgIpc) is 3.55. The van der Waals surface area contributed by atoms with E-state index in [1.165, 1.54) is 50.1 Å². The summed E-state index contributed by atoms with van der Waals surface area (Å²) in [5.74, 6) is -0.571. The van der Waals surface area contributed by atoms with Crippen LogP contribution < -0.4 is 0 Å². The number of benzene rings is 2. The largest absolute Gasteiger partial charge is 0.465 e. The van der Waals surface area contributed by atoms with Gasteiger partial charge in [0.15, 0.2) is 0 Å². The predicted octanol–water partition coefficient (Wildman–Crippen LogP) is 3.98. The molecule has 0 unspecified atom stereocenters. The Morgan fingerprint density at radius 1 is 0.757 bits per heavy atom. The lowest BCUT2D eigenvalue weighted by molar-refractivity contribution is 0.0601. The van der Waals surface area contributed by atoms with E-state index < -0.39 is 26.0 Å². The van der Waals surface area contributed by atoms with Crippen LogP contribution in [0.3, 0.4) is 0 Å². The van der Waals surface area contributed by atoms with E-state index in [0.717, 1.165) is 19.1 Å². The first-order valence-corrected chi connectivity index (χ1v) is 13.6. The Bertz CT molecular complexity index is 1550. The van der Waals surface area contributed by atoms with Crippen LogP contribution in [0.5, 0.6) is 0 Å². The number of carbonyl (C=O) groups excluding carboxylic acids is 1. The molecule has 11 heteroatoms. The molecule has 198 valence electrons. The highest BCUT2D eigenvalue weighted by atomic mass is 32.2. The van der Waals surface area contributed by atoms with Crippen molar-refractivity contribution in [1.29, 1.82) is 0 Å².